The van der Waals surface area contributed by atoms with E-state index in [0.29, 0.717) is 22.5 Å². The zero-order valence-electron chi connectivity index (χ0n) is 16.6. The first-order valence-electron chi connectivity index (χ1n) is 8.85. The lowest BCUT2D eigenvalue weighted by Gasteiger charge is -2.38. The van der Waals surface area contributed by atoms with Crippen molar-refractivity contribution in [3.05, 3.63) is 58.7 Å². The Labute approximate surface area is 162 Å². The van der Waals surface area contributed by atoms with Gasteiger partial charge in [0.1, 0.15) is 11.6 Å². The van der Waals surface area contributed by atoms with E-state index in [1.165, 1.54) is 31.4 Å². The number of aromatic nitrogens is 1. The molecule has 0 amide bonds. The normalized spacial score (nSPS) is 14.6. The predicted octanol–water partition coefficient (Wildman–Crippen LogP) is 5.05. The Morgan fingerprint density at radius 3 is 2.11 bits per heavy atom. The second kappa shape index (κ2) is 7.70. The van der Waals surface area contributed by atoms with E-state index in [1.54, 1.807) is 27.7 Å². The second-order valence-electron chi connectivity index (χ2n) is 7.87. The summed E-state index contributed by atoms with van der Waals surface area (Å²) in [6.07, 6.45) is -6.08. The summed E-state index contributed by atoms with van der Waals surface area (Å²) in [5.41, 5.74) is -2.21. The molecule has 0 saturated carbocycles. The van der Waals surface area contributed by atoms with Crippen LogP contribution in [0.5, 0.6) is 5.75 Å². The molecule has 1 atom stereocenters. The summed E-state index contributed by atoms with van der Waals surface area (Å²) in [6.45, 7) is 6.53. The van der Waals surface area contributed by atoms with Crippen LogP contribution in [0.1, 0.15) is 42.8 Å². The maximum atomic E-state index is 13.9. The highest BCUT2D eigenvalue weighted by molar-refractivity contribution is 5.40. The molecule has 0 fully saturated rings. The van der Waals surface area contributed by atoms with Crippen LogP contribution >= 0.6 is 0 Å². The van der Waals surface area contributed by atoms with Gasteiger partial charge in [-0.2, -0.15) is 13.2 Å². The molecule has 0 spiro atoms. The third kappa shape index (κ3) is 4.82. The van der Waals surface area contributed by atoms with E-state index in [9.17, 15) is 22.7 Å². The van der Waals surface area contributed by atoms with Gasteiger partial charge in [-0.3, -0.25) is 4.98 Å². The number of aryl methyl sites for hydroxylation is 2. The number of benzene rings is 1. The summed E-state index contributed by atoms with van der Waals surface area (Å²) in [7, 11) is 1.33. The van der Waals surface area contributed by atoms with Gasteiger partial charge in [0, 0.05) is 29.4 Å². The monoisotopic (exact) mass is 399 g/mol. The number of alkyl halides is 3. The van der Waals surface area contributed by atoms with Crippen molar-refractivity contribution in [1.82, 2.24) is 4.98 Å². The van der Waals surface area contributed by atoms with Crippen molar-refractivity contribution in [2.75, 3.05) is 7.11 Å². The van der Waals surface area contributed by atoms with Gasteiger partial charge in [0.25, 0.3) is 0 Å². The highest BCUT2D eigenvalue weighted by atomic mass is 19.4. The van der Waals surface area contributed by atoms with Gasteiger partial charge in [0.2, 0.25) is 0 Å². The summed E-state index contributed by atoms with van der Waals surface area (Å²) >= 11 is 0. The van der Waals surface area contributed by atoms with Crippen LogP contribution in [0.4, 0.5) is 17.6 Å². The first-order chi connectivity index (χ1) is 12.8. The Balaban J connectivity index is 2.46. The van der Waals surface area contributed by atoms with E-state index in [0.717, 1.165) is 6.07 Å². The van der Waals surface area contributed by atoms with Crippen molar-refractivity contribution in [3.8, 4) is 5.75 Å². The quantitative estimate of drug-likeness (QED) is 0.692. The van der Waals surface area contributed by atoms with Crippen LogP contribution in [-0.2, 0) is 11.8 Å². The van der Waals surface area contributed by atoms with Gasteiger partial charge in [-0.1, -0.05) is 19.9 Å². The van der Waals surface area contributed by atoms with Gasteiger partial charge in [0.05, 0.1) is 7.11 Å². The van der Waals surface area contributed by atoms with Crippen molar-refractivity contribution in [1.29, 1.82) is 0 Å². The van der Waals surface area contributed by atoms with Crippen molar-refractivity contribution < 1.29 is 27.4 Å². The van der Waals surface area contributed by atoms with E-state index in [-0.39, 0.29) is 5.75 Å². The summed E-state index contributed by atoms with van der Waals surface area (Å²) in [5.74, 6) is -0.407. The van der Waals surface area contributed by atoms with Crippen LogP contribution in [0.15, 0.2) is 30.3 Å². The van der Waals surface area contributed by atoms with E-state index >= 15 is 0 Å². The molecule has 0 bridgehead atoms. The molecule has 0 radical (unpaired) electrons. The van der Waals surface area contributed by atoms with Gasteiger partial charge in [0.15, 0.2) is 5.60 Å². The number of pyridine rings is 1. The summed E-state index contributed by atoms with van der Waals surface area (Å²) in [5, 5.41) is 10.7. The molecule has 2 aromatic rings. The molecule has 1 N–H and O–H groups in total. The highest BCUT2D eigenvalue weighted by Crippen LogP contribution is 2.45. The van der Waals surface area contributed by atoms with Crippen LogP contribution in [0.2, 0.25) is 0 Å². The number of hydrogen-bond acceptors (Lipinski definition) is 3. The Morgan fingerprint density at radius 2 is 1.61 bits per heavy atom. The molecule has 1 unspecified atom stereocenters. The molecular formula is C21H25F4NO2. The maximum absolute atomic E-state index is 13.9. The molecule has 0 saturated heterocycles. The first-order valence-corrected chi connectivity index (χ1v) is 8.85. The minimum absolute atomic E-state index is 0.144. The van der Waals surface area contributed by atoms with E-state index in [2.05, 4.69) is 4.98 Å². The zero-order chi connectivity index (χ0) is 21.3. The number of methoxy groups -OCH3 is 1. The molecule has 0 aliphatic carbocycles. The molecule has 7 heteroatoms. The van der Waals surface area contributed by atoms with Gasteiger partial charge < -0.3 is 9.84 Å². The average molecular weight is 399 g/mol. The number of nitrogens with zero attached hydrogens (tertiary/aromatic N) is 1. The fourth-order valence-electron chi connectivity index (χ4n) is 3.67. The lowest BCUT2D eigenvalue weighted by atomic mass is 9.72. The highest BCUT2D eigenvalue weighted by Gasteiger charge is 2.56. The molecule has 0 aliphatic rings. The fourth-order valence-corrected chi connectivity index (χ4v) is 3.67. The van der Waals surface area contributed by atoms with Crippen molar-refractivity contribution in [2.24, 2.45) is 0 Å². The molecule has 2 rings (SSSR count). The Hall–Kier alpha value is -2.15. The number of aliphatic hydroxyl groups is 1. The Morgan fingerprint density at radius 1 is 1.04 bits per heavy atom. The van der Waals surface area contributed by atoms with Crippen LogP contribution in [0.25, 0.3) is 0 Å². The third-order valence-corrected chi connectivity index (χ3v) is 4.79. The smallest absolute Gasteiger partial charge is 0.417 e. The predicted molar refractivity (Wildman–Crippen MR) is 99.0 cm³/mol. The van der Waals surface area contributed by atoms with Gasteiger partial charge in [-0.05, 0) is 49.4 Å². The van der Waals surface area contributed by atoms with E-state index in [4.69, 9.17) is 4.74 Å². The average Bonchev–Trinajstić information content (AvgIpc) is 2.51. The van der Waals surface area contributed by atoms with Gasteiger partial charge >= 0.3 is 6.18 Å². The Bertz CT molecular complexity index is 829. The summed E-state index contributed by atoms with van der Waals surface area (Å²) in [4.78, 5) is 4.16. The van der Waals surface area contributed by atoms with Gasteiger partial charge in [-0.25, -0.2) is 4.39 Å². The second-order valence-corrected chi connectivity index (χ2v) is 7.87. The molecule has 1 aromatic carbocycles. The summed E-state index contributed by atoms with van der Waals surface area (Å²) < 4.78 is 60.4. The lowest BCUT2D eigenvalue weighted by Crippen LogP contribution is -2.50. The van der Waals surface area contributed by atoms with Crippen LogP contribution in [0, 0.1) is 19.7 Å². The molecule has 1 aromatic heterocycles. The van der Waals surface area contributed by atoms with Crippen LogP contribution < -0.4 is 4.74 Å². The summed E-state index contributed by atoms with van der Waals surface area (Å²) in [6, 6.07) is 6.76. The minimum Gasteiger partial charge on any atom is -0.496 e. The van der Waals surface area contributed by atoms with Crippen molar-refractivity contribution in [2.45, 2.75) is 57.7 Å². The number of ether oxygens (including phenoxy) is 1. The van der Waals surface area contributed by atoms with Gasteiger partial charge in [-0.15, -0.1) is 0 Å². The third-order valence-electron chi connectivity index (χ3n) is 4.79. The van der Waals surface area contributed by atoms with Crippen LogP contribution in [0.3, 0.4) is 0 Å². The van der Waals surface area contributed by atoms with Crippen LogP contribution in [-0.4, -0.2) is 29.0 Å². The zero-order valence-corrected chi connectivity index (χ0v) is 16.6. The Kier molecular flexibility index (Phi) is 6.09. The lowest BCUT2D eigenvalue weighted by molar-refractivity contribution is -0.266. The molecule has 0 aliphatic heterocycles. The number of halogens is 4. The molecule has 28 heavy (non-hydrogen) atoms. The van der Waals surface area contributed by atoms with E-state index < -0.39 is 35.9 Å². The fraction of sp³-hybridized carbons (Fsp3) is 0.476. The largest absolute Gasteiger partial charge is 0.496 e. The topological polar surface area (TPSA) is 42.4 Å². The maximum Gasteiger partial charge on any atom is 0.417 e. The number of rotatable bonds is 6. The molecular weight excluding hydrogens is 374 g/mol. The van der Waals surface area contributed by atoms with Crippen molar-refractivity contribution in [3.63, 3.8) is 0 Å². The molecule has 3 nitrogen and oxygen atoms in total. The first kappa shape index (κ1) is 22.1. The SMILES string of the molecule is COc1cc(F)ccc1C(C)(C)CC(O)(Cc1cc(C)nc(C)c1)C(F)(F)F. The minimum atomic E-state index is -4.86. The number of hydrogen-bond donors (Lipinski definition) is 1. The van der Waals surface area contributed by atoms with Crippen molar-refractivity contribution >= 4 is 0 Å². The molecule has 154 valence electrons. The molecule has 1 heterocycles. The standard InChI is InChI=1S/C21H25F4NO2/c1-13-8-15(9-14(2)26-13)11-20(27,21(23,24)25)12-19(3,4)17-7-6-16(22)10-18(17)28-5/h6-10,27H,11-12H2,1-5H3. The van der Waals surface area contributed by atoms with E-state index in [1.807, 2.05) is 0 Å².